The highest BCUT2D eigenvalue weighted by Gasteiger charge is 2.18. The summed E-state index contributed by atoms with van der Waals surface area (Å²) in [6.07, 6.45) is 1.63. The number of nitrogens with zero attached hydrogens (tertiary/aromatic N) is 4. The maximum atomic E-state index is 9.50. The van der Waals surface area contributed by atoms with E-state index in [-0.39, 0.29) is 6.01 Å². The Morgan fingerprint density at radius 3 is 2.52 bits per heavy atom. The van der Waals surface area contributed by atoms with Crippen LogP contribution in [0.3, 0.4) is 0 Å². The number of benzene rings is 1. The largest absolute Gasteiger partial charge is 0.493 e. The molecule has 3 rings (SSSR count). The SMILES string of the molecule is CCN(CC)CCOc1nc(-c2ccc(OC)c(OC)c2)c2c(C#N)c[nH]c2n1. The normalized spacial score (nSPS) is 10.9. The van der Waals surface area contributed by atoms with E-state index in [9.17, 15) is 5.26 Å². The quantitative estimate of drug-likeness (QED) is 0.594. The molecule has 0 spiro atoms. The first kappa shape index (κ1) is 20.4. The first-order valence-corrected chi connectivity index (χ1v) is 9.51. The van der Waals surface area contributed by atoms with Gasteiger partial charge >= 0.3 is 6.01 Å². The van der Waals surface area contributed by atoms with E-state index in [0.717, 1.165) is 25.2 Å². The molecule has 0 fully saturated rings. The van der Waals surface area contributed by atoms with Crippen LogP contribution in [-0.4, -0.2) is 60.3 Å². The fourth-order valence-corrected chi connectivity index (χ4v) is 3.16. The number of hydrogen-bond donors (Lipinski definition) is 1. The summed E-state index contributed by atoms with van der Waals surface area (Å²) in [5.74, 6) is 1.20. The van der Waals surface area contributed by atoms with Gasteiger partial charge in [0.05, 0.1) is 30.9 Å². The Balaban J connectivity index is 2.02. The van der Waals surface area contributed by atoms with Crippen LogP contribution in [0.25, 0.3) is 22.3 Å². The smallest absolute Gasteiger partial charge is 0.319 e. The molecule has 0 aliphatic heterocycles. The van der Waals surface area contributed by atoms with E-state index >= 15 is 0 Å². The average Bonchev–Trinajstić information content (AvgIpc) is 3.18. The molecule has 0 amide bonds. The van der Waals surface area contributed by atoms with Crippen LogP contribution >= 0.6 is 0 Å². The molecule has 0 bridgehead atoms. The van der Waals surface area contributed by atoms with Crippen molar-refractivity contribution in [2.24, 2.45) is 0 Å². The van der Waals surface area contributed by atoms with E-state index in [1.54, 1.807) is 20.4 Å². The lowest BCUT2D eigenvalue weighted by Gasteiger charge is -2.17. The van der Waals surface area contributed by atoms with E-state index in [0.29, 0.717) is 40.4 Å². The van der Waals surface area contributed by atoms with Crippen molar-refractivity contribution in [3.05, 3.63) is 30.0 Å². The van der Waals surface area contributed by atoms with Crippen LogP contribution in [0, 0.1) is 11.3 Å². The van der Waals surface area contributed by atoms with Gasteiger partial charge in [0.2, 0.25) is 0 Å². The third kappa shape index (κ3) is 4.25. The minimum Gasteiger partial charge on any atom is -0.493 e. The second-order valence-corrected chi connectivity index (χ2v) is 6.34. The second-order valence-electron chi connectivity index (χ2n) is 6.34. The molecule has 0 saturated heterocycles. The van der Waals surface area contributed by atoms with Gasteiger partial charge in [-0.05, 0) is 31.3 Å². The van der Waals surface area contributed by atoms with Gasteiger partial charge in [-0.25, -0.2) is 0 Å². The van der Waals surface area contributed by atoms with Crippen molar-refractivity contribution in [1.29, 1.82) is 5.26 Å². The van der Waals surface area contributed by atoms with Gasteiger partial charge in [0.1, 0.15) is 18.3 Å². The van der Waals surface area contributed by atoms with Gasteiger partial charge in [0, 0.05) is 18.3 Å². The van der Waals surface area contributed by atoms with E-state index in [4.69, 9.17) is 14.2 Å². The summed E-state index contributed by atoms with van der Waals surface area (Å²) < 4.78 is 16.6. The molecule has 152 valence electrons. The molecular weight excluding hydrogens is 370 g/mol. The predicted octanol–water partition coefficient (Wildman–Crippen LogP) is 3.23. The Hall–Kier alpha value is -3.31. The number of hydrogen-bond acceptors (Lipinski definition) is 7. The standard InChI is InChI=1S/C21H25N5O3/c1-5-26(6-2)9-10-29-21-24-19(18-15(12-22)13-23-20(18)25-21)14-7-8-16(27-3)17(11-14)28-4/h7-8,11,13H,5-6,9-10H2,1-4H3,(H,23,24,25). The summed E-state index contributed by atoms with van der Waals surface area (Å²) in [4.78, 5) is 14.4. The van der Waals surface area contributed by atoms with Crippen molar-refractivity contribution in [2.75, 3.05) is 40.5 Å². The topological polar surface area (TPSA) is 96.3 Å². The predicted molar refractivity (Wildman–Crippen MR) is 110 cm³/mol. The Labute approximate surface area is 170 Å². The van der Waals surface area contributed by atoms with Gasteiger partial charge in [-0.1, -0.05) is 13.8 Å². The number of fused-ring (bicyclic) bond motifs is 1. The van der Waals surface area contributed by atoms with Crippen LogP contribution in [0.4, 0.5) is 0 Å². The third-order valence-electron chi connectivity index (χ3n) is 4.82. The van der Waals surface area contributed by atoms with E-state index in [2.05, 4.69) is 39.8 Å². The number of rotatable bonds is 9. The minimum absolute atomic E-state index is 0.265. The van der Waals surface area contributed by atoms with E-state index in [1.165, 1.54) is 0 Å². The Morgan fingerprint density at radius 1 is 1.10 bits per heavy atom. The molecule has 8 nitrogen and oxygen atoms in total. The second kappa shape index (κ2) is 9.26. The summed E-state index contributed by atoms with van der Waals surface area (Å²) in [5.41, 5.74) is 2.41. The summed E-state index contributed by atoms with van der Waals surface area (Å²) >= 11 is 0. The van der Waals surface area contributed by atoms with Crippen molar-refractivity contribution in [3.63, 3.8) is 0 Å². The van der Waals surface area contributed by atoms with Crippen molar-refractivity contribution < 1.29 is 14.2 Å². The van der Waals surface area contributed by atoms with Crippen molar-refractivity contribution >= 4 is 11.0 Å². The zero-order valence-electron chi connectivity index (χ0n) is 17.2. The summed E-state index contributed by atoms with van der Waals surface area (Å²) in [6, 6.07) is 7.96. The molecule has 8 heteroatoms. The van der Waals surface area contributed by atoms with Gasteiger partial charge in [-0.3, -0.25) is 0 Å². The third-order valence-corrected chi connectivity index (χ3v) is 4.82. The van der Waals surface area contributed by atoms with Crippen molar-refractivity contribution in [1.82, 2.24) is 19.9 Å². The molecule has 2 aromatic heterocycles. The zero-order chi connectivity index (χ0) is 20.8. The summed E-state index contributed by atoms with van der Waals surface area (Å²) in [5, 5.41) is 10.1. The van der Waals surface area contributed by atoms with Crippen LogP contribution in [-0.2, 0) is 0 Å². The fourth-order valence-electron chi connectivity index (χ4n) is 3.16. The van der Waals surface area contributed by atoms with Gasteiger partial charge in [0.25, 0.3) is 0 Å². The molecule has 0 aliphatic rings. The Morgan fingerprint density at radius 2 is 1.86 bits per heavy atom. The number of aromatic amines is 1. The van der Waals surface area contributed by atoms with Gasteiger partial charge in [-0.2, -0.15) is 15.2 Å². The Kier molecular flexibility index (Phi) is 6.52. The molecule has 0 unspecified atom stereocenters. The lowest BCUT2D eigenvalue weighted by Crippen LogP contribution is -2.28. The number of nitriles is 1. The highest BCUT2D eigenvalue weighted by atomic mass is 16.5. The van der Waals surface area contributed by atoms with E-state index in [1.807, 2.05) is 18.2 Å². The Bertz CT molecular complexity index is 1020. The van der Waals surface area contributed by atoms with Crippen LogP contribution in [0.1, 0.15) is 19.4 Å². The number of aromatic nitrogens is 3. The lowest BCUT2D eigenvalue weighted by molar-refractivity contribution is 0.213. The molecule has 2 heterocycles. The van der Waals surface area contributed by atoms with Crippen molar-refractivity contribution in [3.8, 4) is 34.8 Å². The van der Waals surface area contributed by atoms with Gasteiger partial charge < -0.3 is 24.1 Å². The maximum absolute atomic E-state index is 9.50. The highest BCUT2D eigenvalue weighted by Crippen LogP contribution is 2.35. The molecular formula is C21H25N5O3. The molecule has 1 aromatic carbocycles. The average molecular weight is 395 g/mol. The van der Waals surface area contributed by atoms with Crippen molar-refractivity contribution in [2.45, 2.75) is 13.8 Å². The van der Waals surface area contributed by atoms with Crippen LogP contribution in [0.2, 0.25) is 0 Å². The van der Waals surface area contributed by atoms with Gasteiger partial charge in [0.15, 0.2) is 11.5 Å². The van der Waals surface area contributed by atoms with Crippen LogP contribution in [0.15, 0.2) is 24.4 Å². The molecule has 0 aliphatic carbocycles. The summed E-state index contributed by atoms with van der Waals surface area (Å²) in [6.45, 7) is 7.41. The number of methoxy groups -OCH3 is 2. The molecule has 3 aromatic rings. The number of ether oxygens (including phenoxy) is 3. The number of likely N-dealkylation sites (N-methyl/N-ethyl adjacent to an activating group) is 1. The number of nitrogens with one attached hydrogen (secondary N) is 1. The highest BCUT2D eigenvalue weighted by molar-refractivity contribution is 5.95. The van der Waals surface area contributed by atoms with Gasteiger partial charge in [-0.15, -0.1) is 0 Å². The first-order chi connectivity index (χ1) is 14.1. The molecule has 29 heavy (non-hydrogen) atoms. The van der Waals surface area contributed by atoms with Crippen LogP contribution in [0.5, 0.6) is 17.5 Å². The molecule has 0 radical (unpaired) electrons. The van der Waals surface area contributed by atoms with E-state index < -0.39 is 0 Å². The molecule has 1 N–H and O–H groups in total. The monoisotopic (exact) mass is 395 g/mol. The fraction of sp³-hybridized carbons (Fsp3) is 0.381. The maximum Gasteiger partial charge on any atom is 0.319 e. The molecule has 0 atom stereocenters. The zero-order valence-corrected chi connectivity index (χ0v) is 17.2. The minimum atomic E-state index is 0.265. The summed E-state index contributed by atoms with van der Waals surface area (Å²) in [7, 11) is 3.16. The molecule has 0 saturated carbocycles. The van der Waals surface area contributed by atoms with Crippen LogP contribution < -0.4 is 14.2 Å². The number of H-pyrrole nitrogens is 1. The first-order valence-electron chi connectivity index (χ1n) is 9.51. The lowest BCUT2D eigenvalue weighted by atomic mass is 10.1.